The Morgan fingerprint density at radius 1 is 1.16 bits per heavy atom. The summed E-state index contributed by atoms with van der Waals surface area (Å²) < 4.78 is 5.74. The zero-order valence-corrected chi connectivity index (χ0v) is 21.8. The number of piperazine rings is 1. The average Bonchev–Trinajstić information content (AvgIpc) is 3.64. The maximum atomic E-state index is 12.5. The second kappa shape index (κ2) is 9.92. The van der Waals surface area contributed by atoms with E-state index in [-0.39, 0.29) is 42.2 Å². The number of benzene rings is 1. The maximum Gasteiger partial charge on any atom is 0.260 e. The normalized spacial score (nSPS) is 24.7. The van der Waals surface area contributed by atoms with Gasteiger partial charge in [0.1, 0.15) is 17.1 Å². The molecule has 0 radical (unpaired) electrons. The third-order valence-corrected chi connectivity index (χ3v) is 8.21. The van der Waals surface area contributed by atoms with Gasteiger partial charge in [-0.15, -0.1) is 0 Å². The van der Waals surface area contributed by atoms with Crippen molar-refractivity contribution in [1.29, 1.82) is 0 Å². The highest BCUT2D eigenvalue weighted by atomic mass is 35.5. The molecule has 3 heterocycles. The molecule has 6 rings (SSSR count). The molecule has 4 N–H and O–H groups in total. The van der Waals surface area contributed by atoms with Crippen LogP contribution < -0.4 is 15.8 Å². The van der Waals surface area contributed by atoms with E-state index < -0.39 is 0 Å². The van der Waals surface area contributed by atoms with Crippen molar-refractivity contribution in [3.63, 3.8) is 0 Å². The number of ether oxygens (including phenoxy) is 1. The lowest BCUT2D eigenvalue weighted by molar-refractivity contribution is -0.135. The molecule has 4 atom stereocenters. The van der Waals surface area contributed by atoms with Gasteiger partial charge in [0.05, 0.1) is 22.8 Å². The molecule has 1 saturated carbocycles. The number of pyridine rings is 1. The van der Waals surface area contributed by atoms with Crippen LogP contribution in [0.3, 0.4) is 0 Å². The summed E-state index contributed by atoms with van der Waals surface area (Å²) in [5.74, 6) is 0.999. The first-order valence-electron chi connectivity index (χ1n) is 12.9. The van der Waals surface area contributed by atoms with Crippen molar-refractivity contribution < 1.29 is 14.3 Å². The first-order chi connectivity index (χ1) is 18.4. The predicted molar refractivity (Wildman–Crippen MR) is 145 cm³/mol. The number of amides is 2. The molecule has 1 aliphatic heterocycles. The van der Waals surface area contributed by atoms with Crippen molar-refractivity contribution in [3.05, 3.63) is 47.6 Å². The molecule has 2 aromatic heterocycles. The fourth-order valence-corrected chi connectivity index (χ4v) is 5.98. The second-order valence-electron chi connectivity index (χ2n) is 10.3. The van der Waals surface area contributed by atoms with Gasteiger partial charge >= 0.3 is 0 Å². The maximum absolute atomic E-state index is 12.5. The van der Waals surface area contributed by atoms with Crippen LogP contribution in [0.1, 0.15) is 6.42 Å². The Morgan fingerprint density at radius 3 is 2.63 bits per heavy atom. The van der Waals surface area contributed by atoms with Crippen molar-refractivity contribution in [2.24, 2.45) is 23.5 Å². The number of fused-ring (bicyclic) bond motifs is 3. The molecule has 1 aromatic carbocycles. The molecule has 3 aliphatic rings. The number of allylic oxidation sites excluding steroid dienone is 1. The number of carbonyl (C=O) groups excluding carboxylic acids is 2. The molecule has 2 bridgehead atoms. The highest BCUT2D eigenvalue weighted by Crippen LogP contribution is 2.46. The number of nitrogens with one attached hydrogen (secondary N) is 2. The minimum absolute atomic E-state index is 0.00741. The van der Waals surface area contributed by atoms with Gasteiger partial charge in [-0.1, -0.05) is 23.8 Å². The average molecular weight is 536 g/mol. The van der Waals surface area contributed by atoms with E-state index in [2.05, 4.69) is 44.4 Å². The molecule has 2 amide bonds. The van der Waals surface area contributed by atoms with Crippen LogP contribution in [0.2, 0.25) is 5.02 Å². The number of nitrogens with two attached hydrogens (primary N) is 1. The Balaban J connectivity index is 1.17. The zero-order chi connectivity index (χ0) is 26.4. The van der Waals surface area contributed by atoms with Crippen molar-refractivity contribution in [2.75, 3.05) is 45.2 Å². The number of rotatable bonds is 7. The summed E-state index contributed by atoms with van der Waals surface area (Å²) in [7, 11) is 2.06. The number of aromatic nitrogens is 3. The summed E-state index contributed by atoms with van der Waals surface area (Å²) in [5, 5.41) is 3.93. The van der Waals surface area contributed by atoms with Gasteiger partial charge in [0, 0.05) is 37.8 Å². The molecule has 1 saturated heterocycles. The van der Waals surface area contributed by atoms with Gasteiger partial charge in [0.15, 0.2) is 12.3 Å². The molecule has 0 spiro atoms. The number of anilines is 1. The minimum Gasteiger partial charge on any atom is -0.484 e. The molecule has 38 heavy (non-hydrogen) atoms. The largest absolute Gasteiger partial charge is 0.484 e. The van der Waals surface area contributed by atoms with E-state index in [1.54, 1.807) is 6.20 Å². The number of hydrogen-bond acceptors (Lipinski definition) is 7. The van der Waals surface area contributed by atoms with Crippen LogP contribution >= 0.6 is 11.6 Å². The first kappa shape index (κ1) is 24.7. The van der Waals surface area contributed by atoms with Crippen LogP contribution in [0.5, 0.6) is 5.75 Å². The molecule has 3 aromatic rings. The Morgan fingerprint density at radius 2 is 1.89 bits per heavy atom. The van der Waals surface area contributed by atoms with Crippen LogP contribution in [0, 0.1) is 17.8 Å². The number of imidazole rings is 1. The van der Waals surface area contributed by atoms with Gasteiger partial charge in [-0.3, -0.25) is 9.59 Å². The van der Waals surface area contributed by atoms with Crippen molar-refractivity contribution in [2.45, 2.75) is 12.5 Å². The quantitative estimate of drug-likeness (QED) is 0.396. The Labute approximate surface area is 225 Å². The van der Waals surface area contributed by atoms with E-state index in [1.165, 1.54) is 0 Å². The topological polar surface area (TPSA) is 129 Å². The smallest absolute Gasteiger partial charge is 0.260 e. The molecule has 10 nitrogen and oxygen atoms in total. The fourth-order valence-electron chi connectivity index (χ4n) is 5.79. The summed E-state index contributed by atoms with van der Waals surface area (Å²) in [6.07, 6.45) is 6.70. The lowest BCUT2D eigenvalue weighted by atomic mass is 9.88. The lowest BCUT2D eigenvalue weighted by Gasteiger charge is -2.32. The van der Waals surface area contributed by atoms with Gasteiger partial charge in [-0.25, -0.2) is 9.97 Å². The van der Waals surface area contributed by atoms with E-state index in [1.807, 2.05) is 29.2 Å². The predicted octanol–water partition coefficient (Wildman–Crippen LogP) is 2.52. The monoisotopic (exact) mass is 535 g/mol. The number of halogens is 1. The molecule has 2 fully saturated rings. The van der Waals surface area contributed by atoms with Crippen molar-refractivity contribution >= 4 is 40.3 Å². The highest BCUT2D eigenvalue weighted by Gasteiger charge is 2.47. The van der Waals surface area contributed by atoms with Gasteiger partial charge in [-0.05, 0) is 49.6 Å². The Kier molecular flexibility index (Phi) is 6.45. The number of likely N-dealkylation sites (N-methyl/N-ethyl adjacent to an activating group) is 1. The third-order valence-electron chi connectivity index (χ3n) is 7.92. The van der Waals surface area contributed by atoms with Crippen molar-refractivity contribution in [3.8, 4) is 17.1 Å². The summed E-state index contributed by atoms with van der Waals surface area (Å²) in [6, 6.07) is 7.26. The highest BCUT2D eigenvalue weighted by molar-refractivity contribution is 6.34. The van der Waals surface area contributed by atoms with Gasteiger partial charge < -0.3 is 30.6 Å². The lowest BCUT2D eigenvalue weighted by Crippen LogP contribution is -2.48. The van der Waals surface area contributed by atoms with E-state index >= 15 is 0 Å². The molecule has 198 valence electrons. The Hall–Kier alpha value is -3.63. The molecule has 11 heteroatoms. The standard InChI is InChI=1S/C27H30ClN7O3/c1-34-8-10-35(11-9-34)20(36)14-38-18-6-4-15(5-7-18)26-32-24-23(19(28)13-30-27(24)33-26)31-22-17-3-2-16(12-17)21(22)25(29)37/h2-7,13,16-17,21-22H,8-12,14H2,1H3,(H2,29,37)(H2,30,31,32,33)/t16-,17+,21+,22-/m1/s1. The molecule has 2 aliphatic carbocycles. The zero-order valence-electron chi connectivity index (χ0n) is 21.1. The summed E-state index contributed by atoms with van der Waals surface area (Å²) in [6.45, 7) is 3.20. The van der Waals surface area contributed by atoms with Crippen molar-refractivity contribution in [1.82, 2.24) is 24.8 Å². The first-order valence-corrected chi connectivity index (χ1v) is 13.2. The number of carbonyl (C=O) groups is 2. The number of aromatic amines is 1. The fraction of sp³-hybridized carbons (Fsp3) is 0.407. The SMILES string of the molecule is CN1CCN(C(=O)COc2ccc(-c3nc4ncc(Cl)c(N[C@H]5[C@@H](C(N)=O)[C@@H]6C=C[C@H]5C6)c4[nH]3)cc2)CC1. The summed E-state index contributed by atoms with van der Waals surface area (Å²) in [5.41, 5.74) is 8.42. The van der Waals surface area contributed by atoms with Crippen LogP contribution in [0.15, 0.2) is 42.6 Å². The van der Waals surface area contributed by atoms with Gasteiger partial charge in [0.2, 0.25) is 5.91 Å². The van der Waals surface area contributed by atoms with E-state index in [0.29, 0.717) is 33.4 Å². The van der Waals surface area contributed by atoms with Crippen LogP contribution in [0.25, 0.3) is 22.6 Å². The van der Waals surface area contributed by atoms with Crippen LogP contribution in [-0.2, 0) is 9.59 Å². The van der Waals surface area contributed by atoms with Crippen LogP contribution in [0.4, 0.5) is 5.69 Å². The number of hydrogen-bond donors (Lipinski definition) is 3. The van der Waals surface area contributed by atoms with E-state index in [9.17, 15) is 9.59 Å². The summed E-state index contributed by atoms with van der Waals surface area (Å²) >= 11 is 6.55. The molecular weight excluding hydrogens is 506 g/mol. The van der Waals surface area contributed by atoms with Gasteiger partial charge in [0.25, 0.3) is 5.91 Å². The second-order valence-corrected chi connectivity index (χ2v) is 10.7. The number of H-pyrrole nitrogens is 1. The van der Waals surface area contributed by atoms with Gasteiger partial charge in [-0.2, -0.15) is 0 Å². The van der Waals surface area contributed by atoms with E-state index in [0.717, 1.165) is 38.2 Å². The molecule has 0 unspecified atom stereocenters. The summed E-state index contributed by atoms with van der Waals surface area (Å²) in [4.78, 5) is 41.1. The Bertz CT molecular complexity index is 1400. The minimum atomic E-state index is -0.307. The number of primary amides is 1. The third kappa shape index (κ3) is 4.58. The molecular formula is C27H30ClN7O3. The van der Waals surface area contributed by atoms with E-state index in [4.69, 9.17) is 22.1 Å². The number of nitrogens with zero attached hydrogens (tertiary/aromatic N) is 4. The van der Waals surface area contributed by atoms with Crippen LogP contribution in [-0.4, -0.2) is 82.4 Å².